The van der Waals surface area contributed by atoms with Gasteiger partial charge in [0.1, 0.15) is 0 Å². The van der Waals surface area contributed by atoms with E-state index >= 15 is 0 Å². The fraction of sp³-hybridized carbons (Fsp3) is 0.429. The van der Waals surface area contributed by atoms with E-state index in [1.54, 1.807) is 11.6 Å². The van der Waals surface area contributed by atoms with Crippen molar-refractivity contribution >= 4 is 8.15 Å². The van der Waals surface area contributed by atoms with Crippen LogP contribution in [-0.2, 0) is 4.52 Å². The molecule has 0 bridgehead atoms. The second-order valence-electron chi connectivity index (χ2n) is 1.88. The molecule has 0 aromatic heterocycles. The molecule has 0 amide bonds. The van der Waals surface area contributed by atoms with Crippen LogP contribution >= 0.6 is 8.15 Å². The molecule has 1 nitrogen and oxygen atoms in total. The van der Waals surface area contributed by atoms with Crippen LogP contribution < -0.4 is 0 Å². The first kappa shape index (κ1) is 8.87. The van der Waals surface area contributed by atoms with Crippen LogP contribution in [0.25, 0.3) is 0 Å². The van der Waals surface area contributed by atoms with E-state index in [-0.39, 0.29) is 6.10 Å². The predicted molar refractivity (Wildman–Crippen MR) is 43.5 cm³/mol. The van der Waals surface area contributed by atoms with E-state index in [0.717, 1.165) is 0 Å². The molecule has 0 spiro atoms. The van der Waals surface area contributed by atoms with Crippen molar-refractivity contribution in [2.75, 3.05) is 0 Å². The molecule has 0 rings (SSSR count). The summed E-state index contributed by atoms with van der Waals surface area (Å²) < 4.78 is 5.38. The predicted octanol–water partition coefficient (Wildman–Crippen LogP) is 3.10. The molecule has 0 unspecified atom stereocenters. The third kappa shape index (κ3) is 4.38. The Morgan fingerprint density at radius 1 is 1.33 bits per heavy atom. The van der Waals surface area contributed by atoms with Crippen LogP contribution in [0.2, 0.25) is 0 Å². The quantitative estimate of drug-likeness (QED) is 0.551. The highest BCUT2D eigenvalue weighted by Crippen LogP contribution is 2.39. The Hall–Kier alpha value is -0.130. The average Bonchev–Trinajstić information content (AvgIpc) is 1.82. The van der Waals surface area contributed by atoms with Gasteiger partial charge in [0.05, 0.1) is 14.3 Å². The van der Waals surface area contributed by atoms with E-state index in [9.17, 15) is 0 Å². The monoisotopic (exact) mass is 144 g/mol. The molecule has 2 heteroatoms. The maximum atomic E-state index is 5.38. The van der Waals surface area contributed by atoms with Gasteiger partial charge in [-0.25, -0.2) is 0 Å². The van der Waals surface area contributed by atoms with Gasteiger partial charge in [0.25, 0.3) is 0 Å². The van der Waals surface area contributed by atoms with Crippen molar-refractivity contribution in [3.05, 3.63) is 24.8 Å². The van der Waals surface area contributed by atoms with Gasteiger partial charge in [-0.05, 0) is 25.5 Å². The van der Waals surface area contributed by atoms with Crippen molar-refractivity contribution in [2.24, 2.45) is 0 Å². The molecule has 0 saturated carbocycles. The van der Waals surface area contributed by atoms with Gasteiger partial charge in [-0.2, -0.15) is 0 Å². The molecule has 0 N–H and O–H groups in total. The molecule has 0 radical (unpaired) electrons. The average molecular weight is 144 g/mol. The molecule has 52 valence electrons. The van der Waals surface area contributed by atoms with Crippen LogP contribution in [0, 0.1) is 0 Å². The Morgan fingerprint density at radius 3 is 1.89 bits per heavy atom. The molecule has 0 atom stereocenters. The maximum Gasteiger partial charge on any atom is 0.0761 e. The largest absolute Gasteiger partial charge is 0.348 e. The van der Waals surface area contributed by atoms with Gasteiger partial charge in [0, 0.05) is 0 Å². The molecule has 0 aliphatic rings. The van der Waals surface area contributed by atoms with E-state index in [0.29, 0.717) is 0 Å². The minimum Gasteiger partial charge on any atom is -0.348 e. The summed E-state index contributed by atoms with van der Waals surface area (Å²) in [6, 6.07) is 0. The zero-order valence-corrected chi connectivity index (χ0v) is 6.90. The van der Waals surface area contributed by atoms with Crippen LogP contribution in [0.1, 0.15) is 13.8 Å². The van der Waals surface area contributed by atoms with E-state index < -0.39 is 8.15 Å². The van der Waals surface area contributed by atoms with Crippen LogP contribution in [0.3, 0.4) is 0 Å². The van der Waals surface area contributed by atoms with Gasteiger partial charge < -0.3 is 4.52 Å². The minimum atomic E-state index is -0.568. The lowest BCUT2D eigenvalue weighted by atomic mass is 10.5. The number of rotatable bonds is 4. The second-order valence-corrected chi connectivity index (χ2v) is 3.54. The van der Waals surface area contributed by atoms with Gasteiger partial charge in [0.2, 0.25) is 0 Å². The normalized spacial score (nSPS) is 10.2. The minimum absolute atomic E-state index is 0.270. The standard InChI is InChI=1S/C7H13OP/c1-5-9(6-2)8-7(3)4/h5-7H,1-2H2,3-4H3. The Labute approximate surface area is 58.2 Å². The maximum absolute atomic E-state index is 5.38. The summed E-state index contributed by atoms with van der Waals surface area (Å²) in [4.78, 5) is 0. The Bertz CT molecular complexity index is 91.1. The van der Waals surface area contributed by atoms with Gasteiger partial charge in [0.15, 0.2) is 0 Å². The molecule has 0 aromatic rings. The van der Waals surface area contributed by atoms with Crippen LogP contribution in [0.5, 0.6) is 0 Å². The Balaban J connectivity index is 3.55. The number of hydrogen-bond donors (Lipinski definition) is 0. The summed E-state index contributed by atoms with van der Waals surface area (Å²) >= 11 is 0. The van der Waals surface area contributed by atoms with Gasteiger partial charge in [-0.1, -0.05) is 13.2 Å². The summed E-state index contributed by atoms with van der Waals surface area (Å²) in [5.74, 6) is 3.59. The summed E-state index contributed by atoms with van der Waals surface area (Å²) in [7, 11) is -0.568. The first-order chi connectivity index (χ1) is 4.20. The smallest absolute Gasteiger partial charge is 0.0761 e. The lowest BCUT2D eigenvalue weighted by molar-refractivity contribution is 0.277. The Morgan fingerprint density at radius 2 is 1.78 bits per heavy atom. The molecular formula is C7H13OP. The molecular weight excluding hydrogens is 131 g/mol. The molecule has 0 heterocycles. The SMILES string of the molecule is C=CP(C=C)OC(C)C. The molecule has 9 heavy (non-hydrogen) atoms. The molecule has 0 aromatic carbocycles. The highest BCUT2D eigenvalue weighted by atomic mass is 31.1. The lowest BCUT2D eigenvalue weighted by Crippen LogP contribution is -1.94. The van der Waals surface area contributed by atoms with E-state index in [1.807, 2.05) is 13.8 Å². The van der Waals surface area contributed by atoms with E-state index in [4.69, 9.17) is 4.52 Å². The zero-order chi connectivity index (χ0) is 7.28. The first-order valence-electron chi connectivity index (χ1n) is 2.91. The summed E-state index contributed by atoms with van der Waals surface area (Å²) in [5, 5.41) is 0. The molecule has 0 saturated heterocycles. The molecule has 0 aliphatic heterocycles. The second kappa shape index (κ2) is 4.72. The van der Waals surface area contributed by atoms with Crippen molar-refractivity contribution in [1.82, 2.24) is 0 Å². The summed E-state index contributed by atoms with van der Waals surface area (Å²) in [5.41, 5.74) is 0. The van der Waals surface area contributed by atoms with E-state index in [1.165, 1.54) is 0 Å². The Kier molecular flexibility index (Phi) is 4.65. The third-order valence-corrected chi connectivity index (χ3v) is 2.08. The topological polar surface area (TPSA) is 9.23 Å². The summed E-state index contributed by atoms with van der Waals surface area (Å²) in [6.07, 6.45) is 0.270. The van der Waals surface area contributed by atoms with E-state index in [2.05, 4.69) is 13.2 Å². The molecule has 0 fully saturated rings. The van der Waals surface area contributed by atoms with Crippen molar-refractivity contribution in [1.29, 1.82) is 0 Å². The summed E-state index contributed by atoms with van der Waals surface area (Å²) in [6.45, 7) is 11.2. The van der Waals surface area contributed by atoms with Crippen LogP contribution in [0.4, 0.5) is 0 Å². The van der Waals surface area contributed by atoms with Gasteiger partial charge in [-0.15, -0.1) is 0 Å². The van der Waals surface area contributed by atoms with Crippen LogP contribution in [0.15, 0.2) is 24.8 Å². The van der Waals surface area contributed by atoms with Gasteiger partial charge in [-0.3, -0.25) is 0 Å². The van der Waals surface area contributed by atoms with Crippen LogP contribution in [-0.4, -0.2) is 6.10 Å². The van der Waals surface area contributed by atoms with Gasteiger partial charge >= 0.3 is 0 Å². The lowest BCUT2D eigenvalue weighted by Gasteiger charge is -2.11. The van der Waals surface area contributed by atoms with Crippen molar-refractivity contribution < 1.29 is 4.52 Å². The fourth-order valence-electron chi connectivity index (χ4n) is 0.404. The fourth-order valence-corrected chi connectivity index (χ4v) is 1.21. The zero-order valence-electron chi connectivity index (χ0n) is 6.00. The third-order valence-electron chi connectivity index (χ3n) is 0.692. The van der Waals surface area contributed by atoms with Crippen molar-refractivity contribution in [3.8, 4) is 0 Å². The van der Waals surface area contributed by atoms with Crippen molar-refractivity contribution in [3.63, 3.8) is 0 Å². The first-order valence-corrected chi connectivity index (χ1v) is 4.30. The van der Waals surface area contributed by atoms with Crippen molar-refractivity contribution in [2.45, 2.75) is 20.0 Å². The molecule has 0 aliphatic carbocycles. The highest BCUT2D eigenvalue weighted by molar-refractivity contribution is 7.59. The highest BCUT2D eigenvalue weighted by Gasteiger charge is 1.99. The number of hydrogen-bond acceptors (Lipinski definition) is 1.